The number of rotatable bonds is 68. The number of phosphoric acid groups is 2. The maximum Gasteiger partial charge on any atom is 0.472 e. The van der Waals surface area contributed by atoms with Crippen LogP contribution in [0, 0.1) is 5.92 Å². The van der Waals surface area contributed by atoms with Gasteiger partial charge in [-0.1, -0.05) is 298 Å². The molecule has 19 heteroatoms. The van der Waals surface area contributed by atoms with Crippen molar-refractivity contribution in [3.63, 3.8) is 0 Å². The number of phosphoric ester groups is 2. The van der Waals surface area contributed by atoms with E-state index < -0.39 is 97.5 Å². The number of hydrogen-bond donors (Lipinski definition) is 3. The largest absolute Gasteiger partial charge is 0.472 e. The summed E-state index contributed by atoms with van der Waals surface area (Å²) >= 11 is 0. The molecule has 0 rings (SSSR count). The van der Waals surface area contributed by atoms with Crippen LogP contribution in [0.3, 0.4) is 0 Å². The Hall–Kier alpha value is -1.94. The Morgan fingerprint density at radius 3 is 0.782 bits per heavy atom. The number of aliphatic hydroxyl groups excluding tert-OH is 1. The lowest BCUT2D eigenvalue weighted by Crippen LogP contribution is -2.30. The SMILES string of the molecule is CCCCCCCCCCCCCCCCCCC(=O)OC[C@H](COP(=O)(O)OC[C@@H](O)COP(=O)(O)OC[C@@H](COC(=O)CCCCCCC)OC(=O)CCCCCCCCCC)OC(=O)CCCCCCCCCCCCCCCCCC(C)C. The van der Waals surface area contributed by atoms with Gasteiger partial charge in [-0.2, -0.15) is 0 Å². The Kier molecular flexibility index (Phi) is 60.2. The smallest absolute Gasteiger partial charge is 0.462 e. The van der Waals surface area contributed by atoms with Crippen molar-refractivity contribution in [2.45, 2.75) is 368 Å². The molecule has 0 aromatic carbocycles. The lowest BCUT2D eigenvalue weighted by molar-refractivity contribution is -0.161. The van der Waals surface area contributed by atoms with Gasteiger partial charge in [0.05, 0.1) is 26.4 Å². The van der Waals surface area contributed by atoms with Crippen LogP contribution in [0.1, 0.15) is 349 Å². The van der Waals surface area contributed by atoms with Gasteiger partial charge in [0.2, 0.25) is 0 Å². The van der Waals surface area contributed by atoms with E-state index in [-0.39, 0.29) is 25.7 Å². The lowest BCUT2D eigenvalue weighted by atomic mass is 10.0. The second kappa shape index (κ2) is 61.6. The van der Waals surface area contributed by atoms with Crippen molar-refractivity contribution in [1.29, 1.82) is 0 Å². The van der Waals surface area contributed by atoms with Crippen LogP contribution in [0.5, 0.6) is 0 Å². The van der Waals surface area contributed by atoms with Gasteiger partial charge in [-0.05, 0) is 31.6 Å². The molecule has 0 fully saturated rings. The summed E-state index contributed by atoms with van der Waals surface area (Å²) in [6, 6.07) is 0. The molecule has 0 aliphatic heterocycles. The molecule has 0 heterocycles. The first-order valence-electron chi connectivity index (χ1n) is 35.6. The average Bonchev–Trinajstić information content (AvgIpc) is 3.55. The third kappa shape index (κ3) is 62.6. The minimum absolute atomic E-state index is 0.104. The first-order valence-corrected chi connectivity index (χ1v) is 38.6. The van der Waals surface area contributed by atoms with Gasteiger partial charge in [0.1, 0.15) is 19.3 Å². The molecule has 0 saturated heterocycles. The summed E-state index contributed by atoms with van der Waals surface area (Å²) in [5.41, 5.74) is 0. The molecule has 87 heavy (non-hydrogen) atoms. The molecule has 5 atom stereocenters. The minimum Gasteiger partial charge on any atom is -0.462 e. The normalized spacial score (nSPS) is 14.1. The Morgan fingerprint density at radius 1 is 0.310 bits per heavy atom. The van der Waals surface area contributed by atoms with Gasteiger partial charge in [0, 0.05) is 25.7 Å². The molecule has 0 aromatic heterocycles. The molecular weight excluding hydrogens is 1150 g/mol. The number of unbranched alkanes of at least 4 members (excludes halogenated alkanes) is 40. The van der Waals surface area contributed by atoms with Crippen molar-refractivity contribution in [3.05, 3.63) is 0 Å². The Bertz CT molecular complexity index is 1690. The minimum atomic E-state index is -4.95. The maximum absolute atomic E-state index is 13.0. The van der Waals surface area contributed by atoms with E-state index in [9.17, 15) is 43.2 Å². The molecule has 0 saturated carbocycles. The standard InChI is InChI=1S/C68H132O17P2/c1-6-9-12-15-17-19-20-21-22-25-28-31-34-38-42-47-52-66(71)79-58-64(85-68(73)54-49-44-39-35-32-29-26-23-24-27-30-33-36-41-45-50-61(4)5)60-83-87(76,77)81-56-62(69)55-80-86(74,75)82-59-63(57-78-65(70)51-46-40-14-11-8-3)84-67(72)53-48-43-37-18-16-13-10-7-2/h61-64,69H,6-60H2,1-5H3,(H,74,75)(H,76,77)/t62-,63+,64+/m0/s1. The first-order chi connectivity index (χ1) is 42.0. The van der Waals surface area contributed by atoms with E-state index in [1.165, 1.54) is 161 Å². The van der Waals surface area contributed by atoms with Gasteiger partial charge in [0.15, 0.2) is 12.2 Å². The number of carbonyl (C=O) groups excluding carboxylic acids is 4. The van der Waals surface area contributed by atoms with Crippen LogP contribution < -0.4 is 0 Å². The predicted molar refractivity (Wildman–Crippen MR) is 349 cm³/mol. The van der Waals surface area contributed by atoms with Crippen molar-refractivity contribution in [3.8, 4) is 0 Å². The van der Waals surface area contributed by atoms with Crippen molar-refractivity contribution in [2.24, 2.45) is 5.92 Å². The van der Waals surface area contributed by atoms with Gasteiger partial charge in [-0.25, -0.2) is 9.13 Å². The summed E-state index contributed by atoms with van der Waals surface area (Å²) < 4.78 is 67.9. The zero-order chi connectivity index (χ0) is 64.2. The number of esters is 4. The molecule has 0 bridgehead atoms. The molecule has 3 N–H and O–H groups in total. The van der Waals surface area contributed by atoms with Crippen LogP contribution in [0.15, 0.2) is 0 Å². The van der Waals surface area contributed by atoms with E-state index >= 15 is 0 Å². The van der Waals surface area contributed by atoms with E-state index in [0.29, 0.717) is 25.7 Å². The fourth-order valence-electron chi connectivity index (χ4n) is 10.3. The summed E-state index contributed by atoms with van der Waals surface area (Å²) in [7, 11) is -9.88. The third-order valence-corrected chi connectivity index (χ3v) is 17.7. The van der Waals surface area contributed by atoms with Gasteiger partial charge < -0.3 is 33.8 Å². The fourth-order valence-corrected chi connectivity index (χ4v) is 11.9. The second-order valence-electron chi connectivity index (χ2n) is 25.0. The van der Waals surface area contributed by atoms with Gasteiger partial charge in [-0.3, -0.25) is 37.3 Å². The molecule has 516 valence electrons. The molecule has 17 nitrogen and oxygen atoms in total. The Balaban J connectivity index is 5.13. The predicted octanol–water partition coefficient (Wildman–Crippen LogP) is 19.4. The van der Waals surface area contributed by atoms with Crippen molar-refractivity contribution < 1.29 is 80.2 Å². The summed E-state index contributed by atoms with van der Waals surface area (Å²) in [6.45, 7) is 7.14. The average molecular weight is 1280 g/mol. The van der Waals surface area contributed by atoms with Crippen LogP contribution >= 0.6 is 15.6 Å². The molecular formula is C68H132O17P2. The number of aliphatic hydroxyl groups is 1. The highest BCUT2D eigenvalue weighted by Crippen LogP contribution is 2.45. The van der Waals surface area contributed by atoms with Crippen molar-refractivity contribution in [2.75, 3.05) is 39.6 Å². The Labute approximate surface area is 530 Å². The van der Waals surface area contributed by atoms with Gasteiger partial charge in [0.25, 0.3) is 0 Å². The van der Waals surface area contributed by atoms with Gasteiger partial charge >= 0.3 is 39.5 Å². The van der Waals surface area contributed by atoms with E-state index in [1.807, 2.05) is 0 Å². The highest BCUT2D eigenvalue weighted by Gasteiger charge is 2.30. The molecule has 0 aliphatic carbocycles. The van der Waals surface area contributed by atoms with Crippen LogP contribution in [0.4, 0.5) is 0 Å². The highest BCUT2D eigenvalue weighted by molar-refractivity contribution is 7.47. The van der Waals surface area contributed by atoms with Gasteiger partial charge in [-0.15, -0.1) is 0 Å². The van der Waals surface area contributed by atoms with Crippen LogP contribution in [-0.4, -0.2) is 96.7 Å². The Morgan fingerprint density at radius 2 is 0.529 bits per heavy atom. The summed E-state index contributed by atoms with van der Waals surface area (Å²) in [6.07, 6.45) is 47.7. The maximum atomic E-state index is 13.0. The second-order valence-corrected chi connectivity index (χ2v) is 27.9. The number of hydrogen-bond acceptors (Lipinski definition) is 15. The summed E-state index contributed by atoms with van der Waals surface area (Å²) in [4.78, 5) is 72.1. The fraction of sp³-hybridized carbons (Fsp3) is 0.941. The van der Waals surface area contributed by atoms with Crippen LogP contribution in [0.2, 0.25) is 0 Å². The monoisotopic (exact) mass is 1280 g/mol. The lowest BCUT2D eigenvalue weighted by Gasteiger charge is -2.21. The van der Waals surface area contributed by atoms with E-state index in [4.69, 9.17) is 37.0 Å². The highest BCUT2D eigenvalue weighted by atomic mass is 31.2. The van der Waals surface area contributed by atoms with E-state index in [2.05, 4.69) is 34.6 Å². The van der Waals surface area contributed by atoms with E-state index in [1.54, 1.807) is 0 Å². The van der Waals surface area contributed by atoms with E-state index in [0.717, 1.165) is 109 Å². The zero-order valence-electron chi connectivity index (χ0n) is 56.2. The topological polar surface area (TPSA) is 237 Å². The van der Waals surface area contributed by atoms with Crippen molar-refractivity contribution >= 4 is 39.5 Å². The zero-order valence-corrected chi connectivity index (χ0v) is 57.9. The third-order valence-electron chi connectivity index (χ3n) is 15.8. The molecule has 0 aromatic rings. The van der Waals surface area contributed by atoms with Crippen LogP contribution in [-0.2, 0) is 65.4 Å². The first kappa shape index (κ1) is 85.1. The quantitative estimate of drug-likeness (QED) is 0.0222. The molecule has 2 unspecified atom stereocenters. The number of carbonyl (C=O) groups is 4. The molecule has 0 radical (unpaired) electrons. The van der Waals surface area contributed by atoms with Crippen molar-refractivity contribution in [1.82, 2.24) is 0 Å². The molecule has 0 aliphatic rings. The molecule has 0 spiro atoms. The molecule has 0 amide bonds. The van der Waals surface area contributed by atoms with Crippen LogP contribution in [0.25, 0.3) is 0 Å². The summed E-state index contributed by atoms with van der Waals surface area (Å²) in [5.74, 6) is -1.34. The number of ether oxygens (including phenoxy) is 4. The summed E-state index contributed by atoms with van der Waals surface area (Å²) in [5, 5.41) is 10.5.